The van der Waals surface area contributed by atoms with Crippen LogP contribution in [0.2, 0.25) is 0 Å². The summed E-state index contributed by atoms with van der Waals surface area (Å²) >= 11 is 0. The van der Waals surface area contributed by atoms with Crippen molar-refractivity contribution >= 4 is 34.6 Å². The minimum absolute atomic E-state index is 0.0805. The van der Waals surface area contributed by atoms with Gasteiger partial charge in [0, 0.05) is 17.7 Å². The molecule has 0 spiro atoms. The first kappa shape index (κ1) is 25.1. The van der Waals surface area contributed by atoms with Crippen molar-refractivity contribution in [3.8, 4) is 11.5 Å². The average molecular weight is 498 g/mol. The van der Waals surface area contributed by atoms with E-state index in [1.165, 1.54) is 37.4 Å². The molecule has 186 valence electrons. The van der Waals surface area contributed by atoms with Crippen LogP contribution in [0.25, 0.3) is 10.8 Å². The number of hydrazone groups is 1. The summed E-state index contributed by atoms with van der Waals surface area (Å²) in [6, 6.07) is 23.5. The van der Waals surface area contributed by atoms with E-state index in [1.54, 1.807) is 18.2 Å². The molecule has 37 heavy (non-hydrogen) atoms. The van der Waals surface area contributed by atoms with Crippen molar-refractivity contribution in [1.29, 1.82) is 0 Å². The normalized spacial score (nSPS) is 11.7. The maximum atomic E-state index is 12.7. The van der Waals surface area contributed by atoms with E-state index in [1.807, 2.05) is 49.4 Å². The number of aryl methyl sites for hydroxylation is 1. The van der Waals surface area contributed by atoms with E-state index in [9.17, 15) is 19.7 Å². The number of nitro groups is 1. The molecular formula is C28H23N3O6. The van der Waals surface area contributed by atoms with Crippen LogP contribution in [0.1, 0.15) is 28.4 Å². The maximum absolute atomic E-state index is 12.7. The number of hydrogen-bond donors (Lipinski definition) is 1. The predicted octanol–water partition coefficient (Wildman–Crippen LogP) is 5.19. The van der Waals surface area contributed by atoms with Gasteiger partial charge < -0.3 is 9.47 Å². The van der Waals surface area contributed by atoms with E-state index < -0.39 is 22.9 Å². The van der Waals surface area contributed by atoms with Gasteiger partial charge in [-0.05, 0) is 55.0 Å². The highest BCUT2D eigenvalue weighted by Crippen LogP contribution is 2.27. The second-order valence-corrected chi connectivity index (χ2v) is 8.20. The van der Waals surface area contributed by atoms with E-state index in [-0.39, 0.29) is 11.4 Å². The molecule has 0 saturated heterocycles. The average Bonchev–Trinajstić information content (AvgIpc) is 2.90. The van der Waals surface area contributed by atoms with E-state index in [0.717, 1.165) is 16.3 Å². The van der Waals surface area contributed by atoms with Crippen LogP contribution in [0, 0.1) is 17.0 Å². The Morgan fingerprint density at radius 2 is 1.68 bits per heavy atom. The fourth-order valence-electron chi connectivity index (χ4n) is 3.50. The van der Waals surface area contributed by atoms with Gasteiger partial charge in [0.05, 0.1) is 16.7 Å². The Labute approximate surface area is 212 Å². The van der Waals surface area contributed by atoms with Crippen molar-refractivity contribution in [2.75, 3.05) is 0 Å². The van der Waals surface area contributed by atoms with Crippen molar-refractivity contribution in [1.82, 2.24) is 5.43 Å². The van der Waals surface area contributed by atoms with E-state index in [4.69, 9.17) is 9.47 Å². The Hall–Kier alpha value is -5.05. The van der Waals surface area contributed by atoms with Gasteiger partial charge in [0.15, 0.2) is 6.10 Å². The SMILES string of the molecule is Cc1ccc(C(=O)Oc2ccc3ccccc3c2/C=N/NC(=O)C(C)Oc2ccc([N+](=O)[O-])cc2)cc1. The lowest BCUT2D eigenvalue weighted by molar-refractivity contribution is -0.384. The number of hydrogen-bond acceptors (Lipinski definition) is 7. The van der Waals surface area contributed by atoms with Gasteiger partial charge in [0.2, 0.25) is 0 Å². The summed E-state index contributed by atoms with van der Waals surface area (Å²) < 4.78 is 11.2. The van der Waals surface area contributed by atoms with Gasteiger partial charge in [-0.1, -0.05) is 48.0 Å². The fourth-order valence-corrected chi connectivity index (χ4v) is 3.50. The predicted molar refractivity (Wildman–Crippen MR) is 139 cm³/mol. The number of nitrogens with zero attached hydrogens (tertiary/aromatic N) is 2. The summed E-state index contributed by atoms with van der Waals surface area (Å²) in [5.74, 6) is -0.457. The zero-order valence-electron chi connectivity index (χ0n) is 20.1. The van der Waals surface area contributed by atoms with Gasteiger partial charge in [-0.15, -0.1) is 0 Å². The molecule has 1 unspecified atom stereocenters. The lowest BCUT2D eigenvalue weighted by atomic mass is 10.0. The molecule has 0 fully saturated rings. The van der Waals surface area contributed by atoms with Crippen LogP contribution in [-0.4, -0.2) is 29.1 Å². The van der Waals surface area contributed by atoms with Crippen LogP contribution >= 0.6 is 0 Å². The second kappa shape index (κ2) is 11.1. The Balaban J connectivity index is 1.50. The molecule has 0 bridgehead atoms. The number of carbonyl (C=O) groups excluding carboxylic acids is 2. The molecule has 1 atom stereocenters. The molecular weight excluding hydrogens is 474 g/mol. The summed E-state index contributed by atoms with van der Waals surface area (Å²) in [6.07, 6.45) is 0.487. The number of fused-ring (bicyclic) bond motifs is 1. The zero-order chi connectivity index (χ0) is 26.4. The molecule has 0 heterocycles. The van der Waals surface area contributed by atoms with Gasteiger partial charge in [-0.3, -0.25) is 14.9 Å². The third-order valence-electron chi connectivity index (χ3n) is 5.52. The Morgan fingerprint density at radius 3 is 2.38 bits per heavy atom. The number of benzene rings is 4. The minimum atomic E-state index is -0.926. The van der Waals surface area contributed by atoms with Crippen molar-refractivity contribution in [2.45, 2.75) is 20.0 Å². The number of amides is 1. The molecule has 0 aliphatic rings. The van der Waals surface area contributed by atoms with Crippen LogP contribution in [0.4, 0.5) is 5.69 Å². The van der Waals surface area contributed by atoms with Gasteiger partial charge >= 0.3 is 5.97 Å². The molecule has 4 rings (SSSR count). The molecule has 9 nitrogen and oxygen atoms in total. The summed E-state index contributed by atoms with van der Waals surface area (Å²) in [7, 11) is 0. The minimum Gasteiger partial charge on any atom is -0.481 e. The Bertz CT molecular complexity index is 1480. The quantitative estimate of drug-likeness (QED) is 0.118. The molecule has 0 saturated carbocycles. The highest BCUT2D eigenvalue weighted by atomic mass is 16.6. The lowest BCUT2D eigenvalue weighted by Crippen LogP contribution is -2.33. The van der Waals surface area contributed by atoms with Crippen molar-refractivity contribution in [3.05, 3.63) is 112 Å². The van der Waals surface area contributed by atoms with Gasteiger partial charge in [-0.25, -0.2) is 10.2 Å². The van der Waals surface area contributed by atoms with Crippen molar-refractivity contribution < 1.29 is 24.0 Å². The highest BCUT2D eigenvalue weighted by molar-refractivity contribution is 6.04. The topological polar surface area (TPSA) is 120 Å². The third-order valence-corrected chi connectivity index (χ3v) is 5.52. The van der Waals surface area contributed by atoms with E-state index in [0.29, 0.717) is 16.9 Å². The lowest BCUT2D eigenvalue weighted by Gasteiger charge is -2.13. The number of non-ortho nitro benzene ring substituents is 1. The second-order valence-electron chi connectivity index (χ2n) is 8.20. The molecule has 1 amide bonds. The summed E-state index contributed by atoms with van der Waals surface area (Å²) in [5, 5.41) is 16.5. The largest absolute Gasteiger partial charge is 0.481 e. The summed E-state index contributed by atoms with van der Waals surface area (Å²) in [6.45, 7) is 3.46. The van der Waals surface area contributed by atoms with Gasteiger partial charge in [0.1, 0.15) is 11.5 Å². The molecule has 4 aromatic carbocycles. The molecule has 0 aromatic heterocycles. The number of nitro benzene ring substituents is 1. The van der Waals surface area contributed by atoms with Crippen molar-refractivity contribution in [2.24, 2.45) is 5.10 Å². The third kappa shape index (κ3) is 6.15. The van der Waals surface area contributed by atoms with Crippen molar-refractivity contribution in [3.63, 3.8) is 0 Å². The number of esters is 1. The van der Waals surface area contributed by atoms with E-state index >= 15 is 0 Å². The summed E-state index contributed by atoms with van der Waals surface area (Å²) in [4.78, 5) is 35.5. The maximum Gasteiger partial charge on any atom is 0.343 e. The molecule has 1 N–H and O–H groups in total. The van der Waals surface area contributed by atoms with Crippen LogP contribution in [0.3, 0.4) is 0 Å². The first-order valence-corrected chi connectivity index (χ1v) is 11.4. The Kier molecular flexibility index (Phi) is 7.53. The summed E-state index contributed by atoms with van der Waals surface area (Å²) in [5.41, 5.74) is 4.29. The molecule has 0 aliphatic heterocycles. The molecule has 4 aromatic rings. The zero-order valence-corrected chi connectivity index (χ0v) is 20.1. The smallest absolute Gasteiger partial charge is 0.343 e. The molecule has 0 radical (unpaired) electrons. The molecule has 0 aliphatic carbocycles. The molecule has 9 heteroatoms. The number of ether oxygens (including phenoxy) is 2. The van der Waals surface area contributed by atoms with Crippen LogP contribution in [0.15, 0.2) is 90.0 Å². The van der Waals surface area contributed by atoms with Gasteiger partial charge in [0.25, 0.3) is 11.6 Å². The number of rotatable bonds is 8. The monoisotopic (exact) mass is 497 g/mol. The van der Waals surface area contributed by atoms with Crippen LogP contribution in [-0.2, 0) is 4.79 Å². The standard InChI is InChI=1S/C28H23N3O6/c1-18-7-9-21(10-8-18)28(33)37-26-16-11-20-5-3-4-6-24(20)25(26)17-29-30-27(32)19(2)36-23-14-12-22(13-15-23)31(34)35/h3-17,19H,1-2H3,(H,30,32)/b29-17+. The van der Waals surface area contributed by atoms with Gasteiger partial charge in [-0.2, -0.15) is 5.10 Å². The number of carbonyl (C=O) groups is 2. The first-order chi connectivity index (χ1) is 17.8. The highest BCUT2D eigenvalue weighted by Gasteiger charge is 2.16. The number of nitrogens with one attached hydrogen (secondary N) is 1. The Morgan fingerprint density at radius 1 is 0.973 bits per heavy atom. The van der Waals surface area contributed by atoms with E-state index in [2.05, 4.69) is 10.5 Å². The van der Waals surface area contributed by atoms with Crippen LogP contribution in [0.5, 0.6) is 11.5 Å². The van der Waals surface area contributed by atoms with Crippen LogP contribution < -0.4 is 14.9 Å². The fraction of sp³-hybridized carbons (Fsp3) is 0.107. The first-order valence-electron chi connectivity index (χ1n) is 11.4.